The number of likely N-dealkylation sites (tertiary alicyclic amines) is 1. The predicted octanol–water partition coefficient (Wildman–Crippen LogP) is 1.81. The molecule has 1 amide bonds. The molecule has 4 N–H and O–H groups in total. The fourth-order valence-corrected chi connectivity index (χ4v) is 3.07. The number of piperidine rings is 1. The maximum absolute atomic E-state index is 10.9. The maximum Gasteiger partial charge on any atom is 0.255 e. The molecule has 0 radical (unpaired) electrons. The van der Waals surface area contributed by atoms with Crippen molar-refractivity contribution in [3.05, 3.63) is 22.7 Å². The van der Waals surface area contributed by atoms with Crippen LogP contribution in [0.5, 0.6) is 11.5 Å². The van der Waals surface area contributed by atoms with Crippen LogP contribution in [0.25, 0.3) is 0 Å². The minimum atomic E-state index is -0.560. The van der Waals surface area contributed by atoms with Gasteiger partial charge in [0.05, 0.1) is 12.1 Å². The smallest absolute Gasteiger partial charge is 0.255 e. The first-order chi connectivity index (χ1) is 11.0. The summed E-state index contributed by atoms with van der Waals surface area (Å²) < 4.78 is 10.7. The molecule has 0 aliphatic carbocycles. The highest BCUT2D eigenvalue weighted by atomic mass is 35.5. The van der Waals surface area contributed by atoms with Gasteiger partial charge in [-0.05, 0) is 56.1 Å². The first-order valence-electron chi connectivity index (χ1n) is 7.73. The first-order valence-corrected chi connectivity index (χ1v) is 8.11. The molecule has 0 saturated carbocycles. The van der Waals surface area contributed by atoms with E-state index in [1.807, 2.05) is 12.1 Å². The van der Waals surface area contributed by atoms with Crippen LogP contribution in [0.1, 0.15) is 18.4 Å². The zero-order valence-corrected chi connectivity index (χ0v) is 15.4. The maximum atomic E-state index is 10.9. The zero-order valence-electron chi connectivity index (χ0n) is 13.8. The molecule has 0 bridgehead atoms. The topological polar surface area (TPSA) is 90.8 Å². The van der Waals surface area contributed by atoms with E-state index in [0.717, 1.165) is 44.6 Å². The Hall–Kier alpha value is -1.21. The van der Waals surface area contributed by atoms with Crippen molar-refractivity contribution in [2.24, 2.45) is 17.4 Å². The molecule has 1 aliphatic rings. The van der Waals surface area contributed by atoms with Gasteiger partial charge >= 0.3 is 0 Å². The molecule has 1 aliphatic heterocycles. The number of hydrogen-bond donors (Lipinski definition) is 2. The third-order valence-electron chi connectivity index (χ3n) is 4.09. The lowest BCUT2D eigenvalue weighted by molar-refractivity contribution is -0.119. The molecular formula is C16H25Cl2N3O3. The van der Waals surface area contributed by atoms with Gasteiger partial charge in [-0.3, -0.25) is 9.69 Å². The molecule has 6 nitrogen and oxygen atoms in total. The molecule has 2 rings (SSSR count). The summed E-state index contributed by atoms with van der Waals surface area (Å²) in [4.78, 5) is 13.2. The fourth-order valence-electron chi connectivity index (χ4n) is 2.79. The molecule has 136 valence electrons. The number of primary amides is 1. The van der Waals surface area contributed by atoms with Gasteiger partial charge in [-0.15, -0.1) is 12.4 Å². The summed E-state index contributed by atoms with van der Waals surface area (Å²) in [5, 5.41) is 0.414. The second-order valence-electron chi connectivity index (χ2n) is 5.82. The molecule has 1 aromatic carbocycles. The Bertz CT molecular complexity index is 550. The van der Waals surface area contributed by atoms with E-state index >= 15 is 0 Å². The molecule has 0 spiro atoms. The zero-order chi connectivity index (χ0) is 16.8. The largest absolute Gasteiger partial charge is 0.493 e. The van der Waals surface area contributed by atoms with E-state index in [1.54, 1.807) is 7.11 Å². The Morgan fingerprint density at radius 2 is 2.04 bits per heavy atom. The van der Waals surface area contributed by atoms with Crippen LogP contribution in [0, 0.1) is 5.92 Å². The van der Waals surface area contributed by atoms with Crippen molar-refractivity contribution in [1.82, 2.24) is 4.90 Å². The number of rotatable bonds is 7. The van der Waals surface area contributed by atoms with E-state index in [0.29, 0.717) is 22.4 Å². The number of ether oxygens (including phenoxy) is 2. The average molecular weight is 378 g/mol. The van der Waals surface area contributed by atoms with Crippen LogP contribution < -0.4 is 20.9 Å². The SMILES string of the molecule is COc1cc(CN2CCC(CN)CC2)cc(Cl)c1OCC(N)=O.Cl. The van der Waals surface area contributed by atoms with Crippen LogP contribution in [-0.4, -0.2) is 44.2 Å². The summed E-state index contributed by atoms with van der Waals surface area (Å²) in [6.07, 6.45) is 2.25. The average Bonchev–Trinajstić information content (AvgIpc) is 2.54. The number of nitrogens with zero attached hydrogens (tertiary/aromatic N) is 1. The van der Waals surface area contributed by atoms with Crippen molar-refractivity contribution in [1.29, 1.82) is 0 Å². The Balaban J connectivity index is 0.00000288. The fraction of sp³-hybridized carbons (Fsp3) is 0.562. The molecular weight excluding hydrogens is 353 g/mol. The number of methoxy groups -OCH3 is 1. The van der Waals surface area contributed by atoms with Gasteiger partial charge in [-0.1, -0.05) is 11.6 Å². The summed E-state index contributed by atoms with van der Waals surface area (Å²) >= 11 is 6.27. The predicted molar refractivity (Wildman–Crippen MR) is 97.0 cm³/mol. The highest BCUT2D eigenvalue weighted by Crippen LogP contribution is 2.37. The summed E-state index contributed by atoms with van der Waals surface area (Å²) in [5.41, 5.74) is 11.9. The van der Waals surface area contributed by atoms with E-state index in [4.69, 9.17) is 32.5 Å². The molecule has 8 heteroatoms. The molecule has 24 heavy (non-hydrogen) atoms. The number of nitrogens with two attached hydrogens (primary N) is 2. The van der Waals surface area contributed by atoms with E-state index in [2.05, 4.69) is 4.90 Å². The Morgan fingerprint density at radius 1 is 1.38 bits per heavy atom. The lowest BCUT2D eigenvalue weighted by atomic mass is 9.97. The summed E-state index contributed by atoms with van der Waals surface area (Å²) in [6.45, 7) is 3.38. The van der Waals surface area contributed by atoms with Gasteiger partial charge in [0.2, 0.25) is 0 Å². The van der Waals surface area contributed by atoms with Crippen LogP contribution in [0.4, 0.5) is 0 Å². The monoisotopic (exact) mass is 377 g/mol. The van der Waals surface area contributed by atoms with Crippen LogP contribution in [0.3, 0.4) is 0 Å². The minimum Gasteiger partial charge on any atom is -0.493 e. The van der Waals surface area contributed by atoms with Crippen LogP contribution in [-0.2, 0) is 11.3 Å². The van der Waals surface area contributed by atoms with Crippen molar-refractivity contribution in [2.45, 2.75) is 19.4 Å². The molecule has 0 unspecified atom stereocenters. The number of amides is 1. The Labute approximate surface area is 153 Å². The lowest BCUT2D eigenvalue weighted by Crippen LogP contribution is -2.35. The van der Waals surface area contributed by atoms with Crippen LogP contribution in [0.15, 0.2) is 12.1 Å². The lowest BCUT2D eigenvalue weighted by Gasteiger charge is -2.31. The number of carbonyl (C=O) groups is 1. The third kappa shape index (κ3) is 5.70. The van der Waals surface area contributed by atoms with Gasteiger partial charge in [0.25, 0.3) is 5.91 Å². The molecule has 0 atom stereocenters. The number of benzene rings is 1. The number of hydrogen-bond acceptors (Lipinski definition) is 5. The Morgan fingerprint density at radius 3 is 2.58 bits per heavy atom. The quantitative estimate of drug-likeness (QED) is 0.755. The van der Waals surface area contributed by atoms with Gasteiger partial charge in [-0.2, -0.15) is 0 Å². The number of carbonyl (C=O) groups excluding carboxylic acids is 1. The standard InChI is InChI=1S/C16H24ClN3O3.ClH/c1-22-14-7-12(6-13(17)16(14)23-10-15(19)21)9-20-4-2-11(8-18)3-5-20;/h6-7,11H,2-5,8-10,18H2,1H3,(H2,19,21);1H. The number of halogens is 2. The molecule has 1 aromatic rings. The first kappa shape index (κ1) is 20.8. The summed E-state index contributed by atoms with van der Waals surface area (Å²) in [5.74, 6) is 0.924. The summed E-state index contributed by atoms with van der Waals surface area (Å²) in [7, 11) is 1.54. The van der Waals surface area contributed by atoms with Gasteiger partial charge in [0.1, 0.15) is 0 Å². The van der Waals surface area contributed by atoms with E-state index in [9.17, 15) is 4.79 Å². The van der Waals surface area contributed by atoms with Crippen LogP contribution in [0.2, 0.25) is 5.02 Å². The molecule has 1 heterocycles. The van der Waals surface area contributed by atoms with Crippen molar-refractivity contribution >= 4 is 29.9 Å². The molecule has 1 fully saturated rings. The van der Waals surface area contributed by atoms with Gasteiger partial charge in [0.15, 0.2) is 18.1 Å². The molecule has 1 saturated heterocycles. The normalized spacial score (nSPS) is 15.6. The van der Waals surface area contributed by atoms with Crippen molar-refractivity contribution in [3.8, 4) is 11.5 Å². The highest BCUT2D eigenvalue weighted by molar-refractivity contribution is 6.32. The third-order valence-corrected chi connectivity index (χ3v) is 4.38. The van der Waals surface area contributed by atoms with Crippen molar-refractivity contribution in [3.63, 3.8) is 0 Å². The second-order valence-corrected chi connectivity index (χ2v) is 6.23. The summed E-state index contributed by atoms with van der Waals surface area (Å²) in [6, 6.07) is 3.73. The second kappa shape index (κ2) is 9.93. The minimum absolute atomic E-state index is 0. The van der Waals surface area contributed by atoms with Crippen molar-refractivity contribution in [2.75, 3.05) is 33.4 Å². The van der Waals surface area contributed by atoms with E-state index in [-0.39, 0.29) is 19.0 Å². The Kier molecular flexibility index (Phi) is 8.62. The van der Waals surface area contributed by atoms with Gasteiger partial charge in [0, 0.05) is 6.54 Å². The highest BCUT2D eigenvalue weighted by Gasteiger charge is 2.19. The van der Waals surface area contributed by atoms with E-state index < -0.39 is 5.91 Å². The van der Waals surface area contributed by atoms with Crippen molar-refractivity contribution < 1.29 is 14.3 Å². The molecule has 0 aromatic heterocycles. The van der Waals surface area contributed by atoms with Crippen LogP contribution >= 0.6 is 24.0 Å². The van der Waals surface area contributed by atoms with E-state index in [1.165, 1.54) is 0 Å². The van der Waals surface area contributed by atoms with Gasteiger partial charge in [-0.25, -0.2) is 0 Å². The van der Waals surface area contributed by atoms with Gasteiger partial charge < -0.3 is 20.9 Å².